The normalized spacial score (nSPS) is 12.0. The van der Waals surface area contributed by atoms with Crippen molar-refractivity contribution in [3.05, 3.63) is 41.7 Å². The molecule has 8 heteroatoms. The summed E-state index contributed by atoms with van der Waals surface area (Å²) in [4.78, 5) is 3.50. The van der Waals surface area contributed by atoms with Crippen molar-refractivity contribution >= 4 is 10.0 Å². The van der Waals surface area contributed by atoms with Gasteiger partial charge in [0.05, 0.1) is 6.54 Å². The monoisotopic (exact) mass is 284 g/mol. The summed E-state index contributed by atoms with van der Waals surface area (Å²) in [5.74, 6) is -0.380. The van der Waals surface area contributed by atoms with Crippen molar-refractivity contribution in [2.24, 2.45) is 0 Å². The number of nitrogens with one attached hydrogen (secondary N) is 1. The van der Waals surface area contributed by atoms with E-state index in [-0.39, 0.29) is 11.4 Å². The van der Waals surface area contributed by atoms with E-state index in [1.54, 1.807) is 6.92 Å². The highest BCUT2D eigenvalue weighted by atomic mass is 32.2. The van der Waals surface area contributed by atoms with E-state index in [0.717, 1.165) is 10.4 Å². The fourth-order valence-electron chi connectivity index (χ4n) is 1.58. The second-order valence-electron chi connectivity index (χ2n) is 4.13. The fraction of sp³-hybridized carbons (Fsp3) is 0.273. The summed E-state index contributed by atoms with van der Waals surface area (Å²) in [6.07, 6.45) is 1.28. The highest BCUT2D eigenvalue weighted by Gasteiger charge is 2.25. The van der Waals surface area contributed by atoms with Crippen molar-refractivity contribution in [1.82, 2.24) is 19.5 Å². The number of hydrogen-bond donors (Lipinski definition) is 1. The zero-order valence-corrected chi connectivity index (χ0v) is 11.3. The summed E-state index contributed by atoms with van der Waals surface area (Å²) in [5, 5.41) is 6.19. The predicted octanol–water partition coefficient (Wildman–Crippen LogP) is 1.07. The molecule has 0 aliphatic rings. The van der Waals surface area contributed by atoms with E-state index < -0.39 is 15.8 Å². The molecule has 19 heavy (non-hydrogen) atoms. The van der Waals surface area contributed by atoms with Gasteiger partial charge in [-0.1, -0.05) is 6.07 Å². The van der Waals surface area contributed by atoms with Crippen molar-refractivity contribution in [3.63, 3.8) is 0 Å². The number of aromatic amines is 1. The molecule has 0 spiro atoms. The first-order valence-corrected chi connectivity index (χ1v) is 6.92. The van der Waals surface area contributed by atoms with Gasteiger partial charge < -0.3 is 0 Å². The average molecular weight is 284 g/mol. The Kier molecular flexibility index (Phi) is 3.63. The van der Waals surface area contributed by atoms with Crippen LogP contribution in [0, 0.1) is 12.7 Å². The summed E-state index contributed by atoms with van der Waals surface area (Å²) in [5.41, 5.74) is 0.674. The number of sulfonamides is 1. The van der Waals surface area contributed by atoms with Gasteiger partial charge in [0.25, 0.3) is 0 Å². The molecule has 2 rings (SSSR count). The molecule has 1 aromatic carbocycles. The minimum absolute atomic E-state index is 0.00425. The number of aromatic nitrogens is 3. The lowest BCUT2D eigenvalue weighted by Crippen LogP contribution is -2.27. The molecule has 1 aromatic heterocycles. The molecule has 0 saturated heterocycles. The molecule has 0 atom stereocenters. The van der Waals surface area contributed by atoms with Crippen LogP contribution in [-0.4, -0.2) is 35.0 Å². The maximum atomic E-state index is 13.7. The number of H-pyrrole nitrogens is 1. The van der Waals surface area contributed by atoms with Crippen LogP contribution in [0.15, 0.2) is 29.4 Å². The number of nitrogens with zero attached hydrogens (tertiary/aromatic N) is 3. The molecule has 0 saturated carbocycles. The summed E-state index contributed by atoms with van der Waals surface area (Å²) in [7, 11) is -2.54. The van der Waals surface area contributed by atoms with Crippen molar-refractivity contribution < 1.29 is 12.8 Å². The van der Waals surface area contributed by atoms with Gasteiger partial charge in [0.2, 0.25) is 10.0 Å². The lowest BCUT2D eigenvalue weighted by molar-refractivity contribution is 0.451. The molecule has 6 nitrogen and oxygen atoms in total. The fourth-order valence-corrected chi connectivity index (χ4v) is 2.86. The van der Waals surface area contributed by atoms with E-state index in [1.807, 2.05) is 0 Å². The van der Waals surface area contributed by atoms with Gasteiger partial charge in [-0.2, -0.15) is 9.40 Å². The van der Waals surface area contributed by atoms with Crippen LogP contribution in [0.3, 0.4) is 0 Å². The minimum Gasteiger partial charge on any atom is -0.262 e. The van der Waals surface area contributed by atoms with E-state index >= 15 is 0 Å². The van der Waals surface area contributed by atoms with Crippen LogP contribution in [0.25, 0.3) is 0 Å². The third kappa shape index (κ3) is 2.79. The van der Waals surface area contributed by atoms with Gasteiger partial charge >= 0.3 is 0 Å². The highest BCUT2D eigenvalue weighted by molar-refractivity contribution is 7.89. The Morgan fingerprint density at radius 3 is 2.79 bits per heavy atom. The summed E-state index contributed by atoms with van der Waals surface area (Å²) >= 11 is 0. The SMILES string of the molecule is Cc1ccc(F)c(S(=O)(=O)N(C)Cc2ncn[nH]2)c1. The Morgan fingerprint density at radius 2 is 2.16 bits per heavy atom. The van der Waals surface area contributed by atoms with Crippen molar-refractivity contribution in [2.45, 2.75) is 18.4 Å². The number of aryl methyl sites for hydroxylation is 1. The Morgan fingerprint density at radius 1 is 1.42 bits per heavy atom. The van der Waals surface area contributed by atoms with E-state index in [9.17, 15) is 12.8 Å². The van der Waals surface area contributed by atoms with Crippen LogP contribution in [0.4, 0.5) is 4.39 Å². The molecule has 1 N–H and O–H groups in total. The zero-order valence-electron chi connectivity index (χ0n) is 10.5. The summed E-state index contributed by atoms with van der Waals surface area (Å²) in [6.45, 7) is 1.70. The molecule has 0 amide bonds. The minimum atomic E-state index is -3.90. The van der Waals surface area contributed by atoms with E-state index in [1.165, 1.54) is 25.5 Å². The van der Waals surface area contributed by atoms with Crippen LogP contribution in [0.1, 0.15) is 11.4 Å². The van der Waals surface area contributed by atoms with Crippen LogP contribution in [0.2, 0.25) is 0 Å². The van der Waals surface area contributed by atoms with Gasteiger partial charge in [0, 0.05) is 7.05 Å². The number of hydrogen-bond acceptors (Lipinski definition) is 4. The number of rotatable bonds is 4. The topological polar surface area (TPSA) is 79.0 Å². The lowest BCUT2D eigenvalue weighted by Gasteiger charge is -2.16. The molecule has 102 valence electrons. The van der Waals surface area contributed by atoms with Crippen molar-refractivity contribution in [2.75, 3.05) is 7.05 Å². The quantitative estimate of drug-likeness (QED) is 0.911. The molecule has 0 unspecified atom stereocenters. The van der Waals surface area contributed by atoms with E-state index in [0.29, 0.717) is 11.4 Å². The smallest absolute Gasteiger partial charge is 0.246 e. The Bertz CT molecular complexity index is 670. The Balaban J connectivity index is 2.33. The first-order valence-electron chi connectivity index (χ1n) is 5.48. The number of benzene rings is 1. The first-order chi connectivity index (χ1) is 8.91. The molecule has 0 fully saturated rings. The second kappa shape index (κ2) is 5.06. The maximum absolute atomic E-state index is 13.7. The molecule has 1 heterocycles. The van der Waals surface area contributed by atoms with Crippen LogP contribution in [0.5, 0.6) is 0 Å². The Labute approximate surface area is 110 Å². The van der Waals surface area contributed by atoms with Crippen LogP contribution >= 0.6 is 0 Å². The standard InChI is InChI=1S/C11H13FN4O2S/c1-8-3-4-9(12)10(5-8)19(17,18)16(2)6-11-13-7-14-15-11/h3-5,7H,6H2,1-2H3,(H,13,14,15). The van der Waals surface area contributed by atoms with Crippen LogP contribution in [-0.2, 0) is 16.6 Å². The first kappa shape index (κ1) is 13.6. The second-order valence-corrected chi connectivity index (χ2v) is 6.14. The molecule has 0 bridgehead atoms. The van der Waals surface area contributed by atoms with E-state index in [2.05, 4.69) is 15.2 Å². The molecule has 0 radical (unpaired) electrons. The molecule has 0 aliphatic heterocycles. The van der Waals surface area contributed by atoms with Crippen molar-refractivity contribution in [1.29, 1.82) is 0 Å². The third-order valence-electron chi connectivity index (χ3n) is 2.61. The third-order valence-corrected chi connectivity index (χ3v) is 4.43. The molecule has 0 aliphatic carbocycles. The zero-order chi connectivity index (χ0) is 14.0. The van der Waals surface area contributed by atoms with Gasteiger partial charge in [-0.05, 0) is 24.6 Å². The van der Waals surface area contributed by atoms with Gasteiger partial charge in [-0.25, -0.2) is 17.8 Å². The van der Waals surface area contributed by atoms with Gasteiger partial charge in [0.1, 0.15) is 22.9 Å². The summed E-state index contributed by atoms with van der Waals surface area (Å²) < 4.78 is 39.2. The highest BCUT2D eigenvalue weighted by Crippen LogP contribution is 2.20. The maximum Gasteiger partial charge on any atom is 0.246 e. The molecular formula is C11H13FN4O2S. The average Bonchev–Trinajstić information content (AvgIpc) is 2.85. The summed E-state index contributed by atoms with van der Waals surface area (Å²) in [6, 6.07) is 3.97. The molecular weight excluding hydrogens is 271 g/mol. The number of halogens is 1. The predicted molar refractivity (Wildman–Crippen MR) is 66.2 cm³/mol. The van der Waals surface area contributed by atoms with Gasteiger partial charge in [-0.3, -0.25) is 5.10 Å². The van der Waals surface area contributed by atoms with Gasteiger partial charge in [-0.15, -0.1) is 0 Å². The Hall–Kier alpha value is -1.80. The lowest BCUT2D eigenvalue weighted by atomic mass is 10.2. The van der Waals surface area contributed by atoms with Crippen LogP contribution < -0.4 is 0 Å². The van der Waals surface area contributed by atoms with Gasteiger partial charge in [0.15, 0.2) is 0 Å². The largest absolute Gasteiger partial charge is 0.262 e. The van der Waals surface area contributed by atoms with E-state index in [4.69, 9.17) is 0 Å². The van der Waals surface area contributed by atoms with Crippen molar-refractivity contribution in [3.8, 4) is 0 Å². The molecule has 2 aromatic rings.